The van der Waals surface area contributed by atoms with E-state index in [9.17, 15) is 9.59 Å². The Balaban J connectivity index is 1.18. The first-order valence-corrected chi connectivity index (χ1v) is 13.9. The van der Waals surface area contributed by atoms with Crippen molar-refractivity contribution in [3.63, 3.8) is 0 Å². The molecular formula is C28H22N6O4S2. The van der Waals surface area contributed by atoms with Crippen molar-refractivity contribution in [3.05, 3.63) is 99.1 Å². The Bertz CT molecular complexity index is 1700. The van der Waals surface area contributed by atoms with Crippen molar-refractivity contribution in [1.29, 1.82) is 0 Å². The average molecular weight is 571 g/mol. The second-order valence-corrected chi connectivity index (χ2v) is 10.5. The number of nitrogens with one attached hydrogen (secondary N) is 1. The van der Waals surface area contributed by atoms with E-state index in [2.05, 4.69) is 25.0 Å². The first-order chi connectivity index (χ1) is 19.5. The van der Waals surface area contributed by atoms with Crippen LogP contribution in [0.4, 0.5) is 0 Å². The zero-order valence-electron chi connectivity index (χ0n) is 21.2. The van der Waals surface area contributed by atoms with Crippen LogP contribution in [-0.2, 0) is 20.7 Å². The molecule has 2 aromatic carbocycles. The minimum atomic E-state index is -0.705. The second-order valence-electron chi connectivity index (χ2n) is 8.37. The molecule has 0 unspecified atom stereocenters. The average Bonchev–Trinajstić information content (AvgIpc) is 3.70. The highest BCUT2D eigenvalue weighted by atomic mass is 32.1. The van der Waals surface area contributed by atoms with Gasteiger partial charge in [-0.05, 0) is 30.2 Å². The lowest BCUT2D eigenvalue weighted by molar-refractivity contribution is -0.138. The number of fused-ring (bicyclic) bond motifs is 1. The standard InChI is InChI=1S/C28H22N6O4S2/c1-2-37-27(35)21-15-23-24(31-21)32-26(40-23)19-10-8-17(9-11-19)12-13-38-28(36)22(33-34-29)14-20-16-30-25(39-20)18-6-4-3-5-7-18/h3-11,14-16,31H,2,12-13H2,1H3/b22-14-. The first-order valence-electron chi connectivity index (χ1n) is 12.2. The molecule has 0 amide bonds. The molecule has 12 heteroatoms. The number of azide groups is 1. The number of hydrogen-bond donors (Lipinski definition) is 1. The second kappa shape index (κ2) is 12.4. The van der Waals surface area contributed by atoms with Crippen molar-refractivity contribution in [2.24, 2.45) is 5.11 Å². The van der Waals surface area contributed by atoms with Crippen LogP contribution in [0.1, 0.15) is 27.9 Å². The largest absolute Gasteiger partial charge is 0.462 e. The number of nitrogens with zero attached hydrogens (tertiary/aromatic N) is 5. The van der Waals surface area contributed by atoms with Gasteiger partial charge in [-0.15, -0.1) is 22.7 Å². The highest BCUT2D eigenvalue weighted by Gasteiger charge is 2.15. The number of benzene rings is 2. The molecule has 0 atom stereocenters. The van der Waals surface area contributed by atoms with Gasteiger partial charge in [0.15, 0.2) is 0 Å². The van der Waals surface area contributed by atoms with Crippen molar-refractivity contribution >= 4 is 51.0 Å². The van der Waals surface area contributed by atoms with Crippen LogP contribution in [0.25, 0.3) is 48.0 Å². The molecule has 200 valence electrons. The van der Waals surface area contributed by atoms with Crippen LogP contribution in [-0.4, -0.2) is 40.1 Å². The molecule has 10 nitrogen and oxygen atoms in total. The van der Waals surface area contributed by atoms with E-state index >= 15 is 0 Å². The van der Waals surface area contributed by atoms with Gasteiger partial charge < -0.3 is 14.5 Å². The Kier molecular flexibility index (Phi) is 8.31. The Hall–Kier alpha value is -4.77. The Morgan fingerprint density at radius 3 is 2.55 bits per heavy atom. The lowest BCUT2D eigenvalue weighted by Gasteiger charge is -2.06. The molecule has 3 aromatic heterocycles. The van der Waals surface area contributed by atoms with Crippen molar-refractivity contribution in [2.45, 2.75) is 13.3 Å². The van der Waals surface area contributed by atoms with Gasteiger partial charge in [-0.25, -0.2) is 19.6 Å². The van der Waals surface area contributed by atoms with Crippen molar-refractivity contribution in [2.75, 3.05) is 13.2 Å². The minimum absolute atomic E-state index is 0.116. The summed E-state index contributed by atoms with van der Waals surface area (Å²) < 4.78 is 11.3. The quantitative estimate of drug-likeness (QED) is 0.0628. The highest BCUT2D eigenvalue weighted by molar-refractivity contribution is 7.21. The fraction of sp³-hybridized carbons (Fsp3) is 0.143. The molecule has 0 bridgehead atoms. The molecule has 3 heterocycles. The van der Waals surface area contributed by atoms with E-state index in [0.29, 0.717) is 29.2 Å². The number of hydrogen-bond acceptors (Lipinski definition) is 9. The lowest BCUT2D eigenvalue weighted by atomic mass is 10.1. The summed E-state index contributed by atoms with van der Waals surface area (Å²) in [5, 5.41) is 5.13. The van der Waals surface area contributed by atoms with E-state index in [4.69, 9.17) is 15.0 Å². The van der Waals surface area contributed by atoms with Gasteiger partial charge in [-0.3, -0.25) is 0 Å². The number of carbonyl (C=O) groups is 2. The SMILES string of the molecule is CCOC(=O)c1cc2sc(-c3ccc(CCOC(=O)/C(=C/c4cnc(-c5ccccc5)s4)N=[N+]=[N-])cc3)nc2[nH]1. The van der Waals surface area contributed by atoms with Crippen LogP contribution in [0.3, 0.4) is 0 Å². The molecule has 5 rings (SSSR count). The van der Waals surface area contributed by atoms with Gasteiger partial charge in [-0.2, -0.15) is 0 Å². The summed E-state index contributed by atoms with van der Waals surface area (Å²) in [6, 6.07) is 19.2. The van der Waals surface area contributed by atoms with Gasteiger partial charge in [0, 0.05) is 33.5 Å². The van der Waals surface area contributed by atoms with Crippen molar-refractivity contribution < 1.29 is 19.1 Å². The van der Waals surface area contributed by atoms with Crippen LogP contribution >= 0.6 is 22.7 Å². The van der Waals surface area contributed by atoms with Crippen molar-refractivity contribution in [1.82, 2.24) is 15.0 Å². The van der Waals surface area contributed by atoms with Gasteiger partial charge in [0.25, 0.3) is 0 Å². The van der Waals surface area contributed by atoms with Crippen LogP contribution in [0.15, 0.2) is 77.7 Å². The number of aromatic amines is 1. The number of carbonyl (C=O) groups excluding carboxylic acids is 2. The molecular weight excluding hydrogens is 548 g/mol. The molecule has 1 N–H and O–H groups in total. The summed E-state index contributed by atoms with van der Waals surface area (Å²) in [5.41, 5.74) is 12.7. The number of thiazole rings is 2. The summed E-state index contributed by atoms with van der Waals surface area (Å²) in [6.07, 6.45) is 3.58. The van der Waals surface area contributed by atoms with Gasteiger partial charge in [0.1, 0.15) is 27.1 Å². The normalized spacial score (nSPS) is 11.3. The number of aromatic nitrogens is 3. The van der Waals surface area contributed by atoms with E-state index in [1.807, 2.05) is 54.6 Å². The van der Waals surface area contributed by atoms with E-state index in [-0.39, 0.29) is 12.3 Å². The summed E-state index contributed by atoms with van der Waals surface area (Å²) in [5.74, 6) is -1.11. The van der Waals surface area contributed by atoms with Crippen LogP contribution < -0.4 is 0 Å². The van der Waals surface area contributed by atoms with E-state index < -0.39 is 11.9 Å². The third-order valence-electron chi connectivity index (χ3n) is 5.69. The predicted octanol–water partition coefficient (Wildman–Crippen LogP) is 7.03. The Morgan fingerprint density at radius 1 is 1.05 bits per heavy atom. The highest BCUT2D eigenvalue weighted by Crippen LogP contribution is 2.31. The summed E-state index contributed by atoms with van der Waals surface area (Å²) in [6.45, 7) is 2.19. The molecule has 0 aliphatic carbocycles. The topological polar surface area (TPSA) is 143 Å². The fourth-order valence-electron chi connectivity index (χ4n) is 3.78. The molecule has 0 saturated carbocycles. The van der Waals surface area contributed by atoms with Crippen LogP contribution in [0.5, 0.6) is 0 Å². The Morgan fingerprint density at radius 2 is 1.82 bits per heavy atom. The molecule has 0 fully saturated rings. The number of H-pyrrole nitrogens is 1. The van der Waals surface area contributed by atoms with Gasteiger partial charge >= 0.3 is 11.9 Å². The molecule has 0 spiro atoms. The van der Waals surface area contributed by atoms with E-state index in [0.717, 1.165) is 31.4 Å². The summed E-state index contributed by atoms with van der Waals surface area (Å²) in [7, 11) is 0. The smallest absolute Gasteiger partial charge is 0.354 e. The van der Waals surface area contributed by atoms with Crippen LogP contribution in [0.2, 0.25) is 0 Å². The van der Waals surface area contributed by atoms with E-state index in [1.54, 1.807) is 19.2 Å². The minimum Gasteiger partial charge on any atom is -0.462 e. The molecule has 5 aromatic rings. The van der Waals surface area contributed by atoms with Gasteiger partial charge in [0.2, 0.25) is 0 Å². The fourth-order valence-corrected chi connectivity index (χ4v) is 5.61. The van der Waals surface area contributed by atoms with E-state index in [1.165, 1.54) is 28.7 Å². The maximum Gasteiger partial charge on any atom is 0.354 e. The number of esters is 2. The summed E-state index contributed by atoms with van der Waals surface area (Å²) in [4.78, 5) is 39.9. The zero-order valence-corrected chi connectivity index (χ0v) is 22.9. The molecule has 40 heavy (non-hydrogen) atoms. The van der Waals surface area contributed by atoms with Gasteiger partial charge in [0.05, 0.1) is 17.9 Å². The maximum absolute atomic E-state index is 12.6. The maximum atomic E-state index is 12.6. The Labute approximate surface area is 236 Å². The number of ether oxygens (including phenoxy) is 2. The van der Waals surface area contributed by atoms with Crippen LogP contribution in [0, 0.1) is 0 Å². The first kappa shape index (κ1) is 26.8. The summed E-state index contributed by atoms with van der Waals surface area (Å²) >= 11 is 2.85. The zero-order chi connectivity index (χ0) is 27.9. The van der Waals surface area contributed by atoms with Crippen molar-refractivity contribution in [3.8, 4) is 21.1 Å². The lowest BCUT2D eigenvalue weighted by Crippen LogP contribution is -2.09. The molecule has 0 saturated heterocycles. The molecule has 0 aliphatic rings. The molecule has 0 aliphatic heterocycles. The number of rotatable bonds is 10. The molecule has 0 radical (unpaired) electrons. The van der Waals surface area contributed by atoms with Gasteiger partial charge in [-0.1, -0.05) is 59.7 Å². The monoisotopic (exact) mass is 570 g/mol. The third-order valence-corrected chi connectivity index (χ3v) is 7.73. The third kappa shape index (κ3) is 6.26. The predicted molar refractivity (Wildman–Crippen MR) is 155 cm³/mol.